The van der Waals surface area contributed by atoms with Crippen molar-refractivity contribution in [3.8, 4) is 0 Å². The second-order valence-electron chi connectivity index (χ2n) is 2.03. The van der Waals surface area contributed by atoms with Crippen LogP contribution in [-0.4, -0.2) is 0 Å². The van der Waals surface area contributed by atoms with Gasteiger partial charge in [-0.3, -0.25) is 0 Å². The zero-order valence-corrected chi connectivity index (χ0v) is 11.1. The van der Waals surface area contributed by atoms with Gasteiger partial charge in [0, 0.05) is 0 Å². The zero-order valence-electron chi connectivity index (χ0n) is 5.81. The van der Waals surface area contributed by atoms with Gasteiger partial charge in [-0.15, -0.1) is 12.4 Å². The molecular weight excluding hydrogens is 256 g/mol. The summed E-state index contributed by atoms with van der Waals surface area (Å²) in [5.74, 6) is 0. The molecule has 0 heterocycles. The summed E-state index contributed by atoms with van der Waals surface area (Å²) in [5.41, 5.74) is 1.23. The van der Waals surface area contributed by atoms with E-state index in [1.54, 1.807) is 6.07 Å². The SMILES string of the molecule is Cl.Clc1cc(Cl)cc([CH2][Zn])c1. The van der Waals surface area contributed by atoms with E-state index in [0.717, 1.165) is 15.1 Å². The second kappa shape index (κ2) is 5.37. The Morgan fingerprint density at radius 1 is 1.09 bits per heavy atom. The van der Waals surface area contributed by atoms with Crippen LogP contribution in [0.4, 0.5) is 0 Å². The summed E-state index contributed by atoms with van der Waals surface area (Å²) in [5, 5.41) is 2.56. The number of hydrogen-bond acceptors (Lipinski definition) is 0. The molecule has 0 aliphatic heterocycles. The van der Waals surface area contributed by atoms with Gasteiger partial charge in [0.15, 0.2) is 0 Å². The van der Waals surface area contributed by atoms with Crippen molar-refractivity contribution in [3.05, 3.63) is 33.8 Å². The molecule has 1 aromatic carbocycles. The van der Waals surface area contributed by atoms with Gasteiger partial charge in [0.05, 0.1) is 0 Å². The summed E-state index contributed by atoms with van der Waals surface area (Å²) in [6.07, 6.45) is 0. The second-order valence-corrected chi connectivity index (χ2v) is 3.95. The molecule has 0 spiro atoms. The molecule has 0 radical (unpaired) electrons. The van der Waals surface area contributed by atoms with Gasteiger partial charge in [-0.25, -0.2) is 0 Å². The minimum atomic E-state index is 0. The van der Waals surface area contributed by atoms with Crippen LogP contribution in [0.15, 0.2) is 18.2 Å². The Kier molecular flexibility index (Phi) is 5.72. The number of hydrogen-bond donors (Lipinski definition) is 0. The van der Waals surface area contributed by atoms with Crippen molar-refractivity contribution in [3.63, 3.8) is 0 Å². The van der Waals surface area contributed by atoms with E-state index in [4.69, 9.17) is 23.2 Å². The van der Waals surface area contributed by atoms with Crippen LogP contribution < -0.4 is 0 Å². The van der Waals surface area contributed by atoms with E-state index in [-0.39, 0.29) is 12.4 Å². The molecule has 1 aromatic rings. The predicted octanol–water partition coefficient (Wildman–Crippen LogP) is 3.46. The van der Waals surface area contributed by atoms with Gasteiger partial charge in [-0.1, -0.05) is 0 Å². The van der Waals surface area contributed by atoms with Crippen LogP contribution in [0.25, 0.3) is 0 Å². The average Bonchev–Trinajstić information content (AvgIpc) is 1.85. The van der Waals surface area contributed by atoms with Crippen LogP contribution in [0.3, 0.4) is 0 Å². The quantitative estimate of drug-likeness (QED) is 0.680. The van der Waals surface area contributed by atoms with Crippen LogP contribution in [0.1, 0.15) is 5.56 Å². The summed E-state index contributed by atoms with van der Waals surface area (Å²) in [6, 6.07) is 5.66. The van der Waals surface area contributed by atoms with Crippen molar-refractivity contribution >= 4 is 35.6 Å². The molecule has 0 saturated heterocycles. The van der Waals surface area contributed by atoms with Gasteiger partial charge in [0.2, 0.25) is 0 Å². The van der Waals surface area contributed by atoms with E-state index in [2.05, 4.69) is 0 Å². The third kappa shape index (κ3) is 3.76. The topological polar surface area (TPSA) is 0 Å². The molecule has 1 rings (SSSR count). The van der Waals surface area contributed by atoms with Crippen LogP contribution in [0.2, 0.25) is 10.0 Å². The standard InChI is InChI=1S/C7H5Cl2.ClH.Zn/c1-5-2-6(8)4-7(9)3-5;;/h2-4H,1H2;1H;. The van der Waals surface area contributed by atoms with E-state index < -0.39 is 0 Å². The van der Waals surface area contributed by atoms with Crippen molar-refractivity contribution in [2.45, 2.75) is 5.02 Å². The molecule has 0 saturated carbocycles. The summed E-state index contributed by atoms with van der Waals surface area (Å²) < 4.78 is 0. The Labute approximate surface area is 92.4 Å². The zero-order chi connectivity index (χ0) is 7.56. The molecule has 0 aromatic heterocycles. The minimum absolute atomic E-state index is 0. The van der Waals surface area contributed by atoms with Gasteiger partial charge < -0.3 is 0 Å². The molecule has 0 N–H and O–H groups in total. The average molecular weight is 262 g/mol. The third-order valence-corrected chi connectivity index (χ3v) is 2.86. The molecular formula is C7H6Cl3Zn. The monoisotopic (exact) mass is 259 g/mol. The Morgan fingerprint density at radius 3 is 1.91 bits per heavy atom. The Bertz CT molecular complexity index is 217. The summed E-state index contributed by atoms with van der Waals surface area (Å²) >= 11 is 12.8. The van der Waals surface area contributed by atoms with Crippen LogP contribution >= 0.6 is 35.6 Å². The predicted molar refractivity (Wildman–Crippen MR) is 47.4 cm³/mol. The number of rotatable bonds is 1. The van der Waals surface area contributed by atoms with Gasteiger partial charge in [0.1, 0.15) is 0 Å². The van der Waals surface area contributed by atoms with Crippen molar-refractivity contribution in [2.24, 2.45) is 0 Å². The fourth-order valence-electron chi connectivity index (χ4n) is 0.755. The molecule has 0 atom stereocenters. The Balaban J connectivity index is 0.000001000. The first-order valence-corrected chi connectivity index (χ1v) is 5.82. The van der Waals surface area contributed by atoms with E-state index in [9.17, 15) is 0 Å². The van der Waals surface area contributed by atoms with Gasteiger partial charge in [-0.05, 0) is 0 Å². The van der Waals surface area contributed by atoms with Gasteiger partial charge in [0.25, 0.3) is 0 Å². The number of halogens is 3. The van der Waals surface area contributed by atoms with Crippen LogP contribution in [0, 0.1) is 0 Å². The third-order valence-electron chi connectivity index (χ3n) is 1.21. The fraction of sp³-hybridized carbons (Fsp3) is 0.143. The Hall–Kier alpha value is 0.713. The molecule has 11 heavy (non-hydrogen) atoms. The van der Waals surface area contributed by atoms with E-state index in [1.807, 2.05) is 12.1 Å². The summed E-state index contributed by atoms with van der Waals surface area (Å²) in [6.45, 7) is 0. The van der Waals surface area contributed by atoms with Gasteiger partial charge >= 0.3 is 80.3 Å². The van der Waals surface area contributed by atoms with E-state index in [1.165, 1.54) is 23.9 Å². The Morgan fingerprint density at radius 2 is 1.55 bits per heavy atom. The molecule has 0 amide bonds. The number of benzene rings is 1. The van der Waals surface area contributed by atoms with Crippen LogP contribution in [0.5, 0.6) is 0 Å². The molecule has 4 heteroatoms. The van der Waals surface area contributed by atoms with E-state index >= 15 is 0 Å². The molecule has 0 fully saturated rings. The molecule has 0 aliphatic rings. The molecule has 0 nitrogen and oxygen atoms in total. The molecule has 57 valence electrons. The first-order chi connectivity index (χ1) is 4.72. The van der Waals surface area contributed by atoms with Crippen molar-refractivity contribution in [1.82, 2.24) is 0 Å². The summed E-state index contributed by atoms with van der Waals surface area (Å²) in [4.78, 5) is 0. The van der Waals surface area contributed by atoms with Crippen molar-refractivity contribution in [1.29, 1.82) is 0 Å². The van der Waals surface area contributed by atoms with Crippen molar-refractivity contribution in [2.75, 3.05) is 0 Å². The van der Waals surface area contributed by atoms with Crippen molar-refractivity contribution < 1.29 is 18.3 Å². The molecule has 0 aliphatic carbocycles. The van der Waals surface area contributed by atoms with Crippen LogP contribution in [-0.2, 0) is 23.3 Å². The first kappa shape index (κ1) is 11.7. The maximum absolute atomic E-state index is 5.76. The van der Waals surface area contributed by atoms with E-state index in [0.29, 0.717) is 0 Å². The summed E-state index contributed by atoms with van der Waals surface area (Å²) in [7, 11) is 0. The van der Waals surface area contributed by atoms with Gasteiger partial charge in [-0.2, -0.15) is 0 Å². The molecule has 0 bridgehead atoms. The maximum atomic E-state index is 5.76. The first-order valence-electron chi connectivity index (χ1n) is 2.96. The fourth-order valence-corrected chi connectivity index (χ4v) is 1.93. The molecule has 0 unspecified atom stereocenters. The normalized spacial score (nSPS) is 9.09.